The molecule has 1 saturated carbocycles. The van der Waals surface area contributed by atoms with Crippen molar-refractivity contribution in [2.24, 2.45) is 0 Å². The Hall–Kier alpha value is -3.58. The molecular weight excluding hydrogens is 470 g/mol. The van der Waals surface area contributed by atoms with Crippen LogP contribution in [0.3, 0.4) is 0 Å². The standard InChI is InChI=1S/C27H29N7OS/c1-34(2)16-17-10-25(30-21-4-6-22(35)7-5-21)32-26(11-17)33-27-31-23-8-3-19(12-24(23)36-27)20-9-18(13-28)14-29-15-20/h3,8-12,14-15,21-22,35H,4-7,16H2,1-2H3,(H2,30,31,32,33). The van der Waals surface area contributed by atoms with Gasteiger partial charge in [0.15, 0.2) is 5.13 Å². The van der Waals surface area contributed by atoms with Crippen LogP contribution in [0, 0.1) is 11.3 Å². The highest BCUT2D eigenvalue weighted by molar-refractivity contribution is 7.22. The largest absolute Gasteiger partial charge is 0.393 e. The molecule has 3 heterocycles. The smallest absolute Gasteiger partial charge is 0.189 e. The number of pyridine rings is 2. The fourth-order valence-corrected chi connectivity index (χ4v) is 5.45. The molecule has 0 spiro atoms. The summed E-state index contributed by atoms with van der Waals surface area (Å²) < 4.78 is 1.04. The number of thiazole rings is 1. The Bertz CT molecular complexity index is 1400. The van der Waals surface area contributed by atoms with Crippen molar-refractivity contribution >= 4 is 38.3 Å². The Morgan fingerprint density at radius 1 is 1.03 bits per heavy atom. The van der Waals surface area contributed by atoms with Gasteiger partial charge in [0, 0.05) is 30.5 Å². The van der Waals surface area contributed by atoms with E-state index in [2.05, 4.69) is 58.9 Å². The molecule has 0 atom stereocenters. The zero-order chi connectivity index (χ0) is 25.1. The maximum absolute atomic E-state index is 9.83. The van der Waals surface area contributed by atoms with Gasteiger partial charge >= 0.3 is 0 Å². The second-order valence-electron chi connectivity index (χ2n) is 9.53. The molecule has 8 nitrogen and oxygen atoms in total. The molecule has 3 N–H and O–H groups in total. The third-order valence-electron chi connectivity index (χ3n) is 6.26. The summed E-state index contributed by atoms with van der Waals surface area (Å²) >= 11 is 1.57. The Morgan fingerprint density at radius 3 is 2.61 bits per heavy atom. The Balaban J connectivity index is 1.39. The van der Waals surface area contributed by atoms with E-state index in [1.54, 1.807) is 23.7 Å². The molecule has 1 fully saturated rings. The molecule has 5 rings (SSSR count). The van der Waals surface area contributed by atoms with Crippen molar-refractivity contribution in [3.63, 3.8) is 0 Å². The van der Waals surface area contributed by atoms with E-state index in [1.165, 1.54) is 0 Å². The number of nitrogens with one attached hydrogen (secondary N) is 2. The molecule has 1 aliphatic rings. The Kier molecular flexibility index (Phi) is 7.09. The summed E-state index contributed by atoms with van der Waals surface area (Å²) in [5.41, 5.74) is 4.50. The second-order valence-corrected chi connectivity index (χ2v) is 10.6. The van der Waals surface area contributed by atoms with Gasteiger partial charge < -0.3 is 20.6 Å². The average Bonchev–Trinajstić information content (AvgIpc) is 3.26. The number of nitriles is 1. The van der Waals surface area contributed by atoms with E-state index in [0.717, 1.165) is 75.9 Å². The van der Waals surface area contributed by atoms with Gasteiger partial charge in [0.25, 0.3) is 0 Å². The third kappa shape index (κ3) is 5.79. The van der Waals surface area contributed by atoms with E-state index in [4.69, 9.17) is 9.97 Å². The monoisotopic (exact) mass is 499 g/mol. The van der Waals surface area contributed by atoms with E-state index in [0.29, 0.717) is 11.6 Å². The topological polar surface area (TPSA) is 110 Å². The summed E-state index contributed by atoms with van der Waals surface area (Å²) in [7, 11) is 4.10. The van der Waals surface area contributed by atoms with Gasteiger partial charge in [0.2, 0.25) is 0 Å². The predicted octanol–water partition coefficient (Wildman–Crippen LogP) is 5.15. The van der Waals surface area contributed by atoms with Crippen LogP contribution in [0.25, 0.3) is 21.3 Å². The molecule has 0 unspecified atom stereocenters. The van der Waals surface area contributed by atoms with Gasteiger partial charge in [-0.05, 0) is 81.2 Å². The van der Waals surface area contributed by atoms with E-state index >= 15 is 0 Å². The number of benzene rings is 1. The maximum atomic E-state index is 9.83. The lowest BCUT2D eigenvalue weighted by Crippen LogP contribution is -2.28. The Morgan fingerprint density at radius 2 is 1.83 bits per heavy atom. The van der Waals surface area contributed by atoms with Crippen molar-refractivity contribution in [1.29, 1.82) is 5.26 Å². The van der Waals surface area contributed by atoms with Gasteiger partial charge in [-0.15, -0.1) is 0 Å². The summed E-state index contributed by atoms with van der Waals surface area (Å²) in [6.07, 6.45) is 6.68. The molecule has 184 valence electrons. The fraction of sp³-hybridized carbons (Fsp3) is 0.333. The van der Waals surface area contributed by atoms with Gasteiger partial charge in [0.1, 0.15) is 17.7 Å². The second kappa shape index (κ2) is 10.6. The van der Waals surface area contributed by atoms with Crippen molar-refractivity contribution in [1.82, 2.24) is 19.9 Å². The molecule has 0 radical (unpaired) electrons. The van der Waals surface area contributed by atoms with Gasteiger partial charge in [-0.2, -0.15) is 5.26 Å². The fourth-order valence-electron chi connectivity index (χ4n) is 4.54. The molecular formula is C27H29N7OS. The van der Waals surface area contributed by atoms with Gasteiger partial charge in [0.05, 0.1) is 21.9 Å². The van der Waals surface area contributed by atoms with Crippen LogP contribution in [-0.2, 0) is 6.54 Å². The van der Waals surface area contributed by atoms with E-state index in [-0.39, 0.29) is 6.10 Å². The lowest BCUT2D eigenvalue weighted by atomic mass is 9.93. The zero-order valence-electron chi connectivity index (χ0n) is 20.4. The highest BCUT2D eigenvalue weighted by atomic mass is 32.1. The van der Waals surface area contributed by atoms with Crippen molar-refractivity contribution in [3.05, 3.63) is 59.9 Å². The molecule has 3 aromatic heterocycles. The summed E-state index contributed by atoms with van der Waals surface area (Å²) in [6, 6.07) is 14.5. The SMILES string of the molecule is CN(C)Cc1cc(Nc2nc3ccc(-c4cncc(C#N)c4)cc3s2)nc(NC2CCC(O)CC2)c1. The van der Waals surface area contributed by atoms with Gasteiger partial charge in [-0.25, -0.2) is 9.97 Å². The minimum Gasteiger partial charge on any atom is -0.393 e. The van der Waals surface area contributed by atoms with Crippen molar-refractivity contribution in [3.8, 4) is 17.2 Å². The minimum atomic E-state index is -0.181. The van der Waals surface area contributed by atoms with Crippen LogP contribution in [0.2, 0.25) is 0 Å². The summed E-state index contributed by atoms with van der Waals surface area (Å²) in [4.78, 5) is 15.9. The number of hydrogen-bond acceptors (Lipinski definition) is 9. The maximum Gasteiger partial charge on any atom is 0.189 e. The molecule has 0 bridgehead atoms. The van der Waals surface area contributed by atoms with Gasteiger partial charge in [-0.3, -0.25) is 4.98 Å². The molecule has 0 saturated heterocycles. The van der Waals surface area contributed by atoms with Crippen LogP contribution in [0.5, 0.6) is 0 Å². The van der Waals surface area contributed by atoms with Crippen LogP contribution < -0.4 is 10.6 Å². The quantitative estimate of drug-likeness (QED) is 0.320. The third-order valence-corrected chi connectivity index (χ3v) is 7.19. The summed E-state index contributed by atoms with van der Waals surface area (Å²) in [5, 5.41) is 26.8. The van der Waals surface area contributed by atoms with E-state index in [1.807, 2.05) is 18.2 Å². The van der Waals surface area contributed by atoms with Crippen LogP contribution in [0.15, 0.2) is 48.8 Å². The minimum absolute atomic E-state index is 0.181. The number of rotatable bonds is 7. The number of hydrogen-bond donors (Lipinski definition) is 3. The molecule has 1 aromatic carbocycles. The number of aromatic nitrogens is 3. The first kappa shape index (κ1) is 24.1. The van der Waals surface area contributed by atoms with Crippen LogP contribution >= 0.6 is 11.3 Å². The van der Waals surface area contributed by atoms with E-state index < -0.39 is 0 Å². The number of aliphatic hydroxyl groups is 1. The molecule has 1 aliphatic carbocycles. The number of anilines is 3. The lowest BCUT2D eigenvalue weighted by molar-refractivity contribution is 0.126. The normalized spacial score (nSPS) is 17.8. The first-order chi connectivity index (χ1) is 17.4. The highest BCUT2D eigenvalue weighted by Gasteiger charge is 2.20. The summed E-state index contributed by atoms with van der Waals surface area (Å²) in [5.74, 6) is 1.59. The molecule has 9 heteroatoms. The molecule has 0 amide bonds. The number of nitrogens with zero attached hydrogens (tertiary/aromatic N) is 5. The van der Waals surface area contributed by atoms with E-state index in [9.17, 15) is 10.4 Å². The van der Waals surface area contributed by atoms with Crippen molar-refractivity contribution in [2.45, 2.75) is 44.4 Å². The van der Waals surface area contributed by atoms with Gasteiger partial charge in [-0.1, -0.05) is 17.4 Å². The number of aliphatic hydroxyl groups excluding tert-OH is 1. The average molecular weight is 500 g/mol. The van der Waals surface area contributed by atoms with Crippen LogP contribution in [-0.4, -0.2) is 51.2 Å². The lowest BCUT2D eigenvalue weighted by Gasteiger charge is -2.27. The van der Waals surface area contributed by atoms with Crippen LogP contribution in [0.1, 0.15) is 36.8 Å². The zero-order valence-corrected chi connectivity index (χ0v) is 21.2. The summed E-state index contributed by atoms with van der Waals surface area (Å²) in [6.45, 7) is 0.800. The molecule has 0 aliphatic heterocycles. The first-order valence-electron chi connectivity index (χ1n) is 12.1. The molecule has 4 aromatic rings. The highest BCUT2D eigenvalue weighted by Crippen LogP contribution is 2.32. The first-order valence-corrected chi connectivity index (χ1v) is 12.9. The number of fused-ring (bicyclic) bond motifs is 1. The Labute approximate surface area is 214 Å². The van der Waals surface area contributed by atoms with Crippen molar-refractivity contribution in [2.75, 3.05) is 24.7 Å². The predicted molar refractivity (Wildman–Crippen MR) is 144 cm³/mol. The van der Waals surface area contributed by atoms with Crippen molar-refractivity contribution < 1.29 is 5.11 Å². The molecule has 36 heavy (non-hydrogen) atoms. The van der Waals surface area contributed by atoms with Crippen LogP contribution in [0.4, 0.5) is 16.8 Å².